The van der Waals surface area contributed by atoms with E-state index < -0.39 is 9.84 Å². The summed E-state index contributed by atoms with van der Waals surface area (Å²) in [6, 6.07) is 11.3. The maximum absolute atomic E-state index is 12.9. The fourth-order valence-electron chi connectivity index (χ4n) is 2.89. The minimum absolute atomic E-state index is 0. The molecule has 0 aliphatic carbocycles. The Hall–Kier alpha value is -1.88. The molecule has 2 aromatic rings. The van der Waals surface area contributed by atoms with Crippen molar-refractivity contribution in [2.75, 3.05) is 26.0 Å². The SMILES string of the molecule is CCNC(=NCc1ccc(S(C)(=O)=O)c(C)c1)NCCCCOc1ccc(F)cc1.I. The van der Waals surface area contributed by atoms with E-state index in [1.807, 2.05) is 13.0 Å². The number of hydrogen-bond acceptors (Lipinski definition) is 4. The van der Waals surface area contributed by atoms with Gasteiger partial charge in [0, 0.05) is 19.3 Å². The number of hydrogen-bond donors (Lipinski definition) is 2. The molecule has 0 aliphatic rings. The standard InChI is InChI=1S/C22H30FN3O3S.HI/c1-4-24-22(25-13-5-6-14-29-20-10-8-19(23)9-11-20)26-16-18-7-12-21(17(2)15-18)30(3,27)28;/h7-12,15H,4-6,13-14,16H2,1-3H3,(H2,24,25,26);1H. The van der Waals surface area contributed by atoms with Crippen LogP contribution >= 0.6 is 24.0 Å². The minimum atomic E-state index is -3.22. The van der Waals surface area contributed by atoms with Gasteiger partial charge in [-0.25, -0.2) is 17.8 Å². The Morgan fingerprint density at radius 2 is 1.81 bits per heavy atom. The molecular formula is C22H31FIN3O3S. The largest absolute Gasteiger partial charge is 0.494 e. The Kier molecular flexibility index (Phi) is 11.8. The molecule has 0 spiro atoms. The van der Waals surface area contributed by atoms with E-state index in [0.717, 1.165) is 37.1 Å². The highest BCUT2D eigenvalue weighted by Crippen LogP contribution is 2.17. The average Bonchev–Trinajstić information content (AvgIpc) is 2.69. The highest BCUT2D eigenvalue weighted by atomic mass is 127. The number of nitrogens with one attached hydrogen (secondary N) is 2. The third-order valence-electron chi connectivity index (χ3n) is 4.35. The van der Waals surface area contributed by atoms with Crippen LogP contribution in [0.1, 0.15) is 30.9 Å². The van der Waals surface area contributed by atoms with Crippen LogP contribution in [0.4, 0.5) is 4.39 Å². The zero-order valence-electron chi connectivity index (χ0n) is 18.2. The first kappa shape index (κ1) is 27.2. The van der Waals surface area contributed by atoms with Crippen LogP contribution in [-0.4, -0.2) is 40.3 Å². The third kappa shape index (κ3) is 9.86. The molecule has 172 valence electrons. The lowest BCUT2D eigenvalue weighted by molar-refractivity contribution is 0.306. The van der Waals surface area contributed by atoms with Crippen molar-refractivity contribution >= 4 is 39.8 Å². The molecule has 2 N–H and O–H groups in total. The number of guanidine groups is 1. The number of unbranched alkanes of at least 4 members (excludes halogenated alkanes) is 1. The minimum Gasteiger partial charge on any atom is -0.494 e. The molecule has 0 unspecified atom stereocenters. The van der Waals surface area contributed by atoms with Gasteiger partial charge in [-0.05, 0) is 68.1 Å². The molecule has 0 amide bonds. The summed E-state index contributed by atoms with van der Waals surface area (Å²) in [6.45, 7) is 6.29. The number of benzene rings is 2. The Balaban J connectivity index is 0.00000480. The number of nitrogens with zero attached hydrogens (tertiary/aromatic N) is 1. The molecule has 0 radical (unpaired) electrons. The van der Waals surface area contributed by atoms with Gasteiger partial charge in [0.2, 0.25) is 0 Å². The topological polar surface area (TPSA) is 79.8 Å². The van der Waals surface area contributed by atoms with Gasteiger partial charge in [0.15, 0.2) is 15.8 Å². The quantitative estimate of drug-likeness (QED) is 0.197. The Labute approximate surface area is 201 Å². The lowest BCUT2D eigenvalue weighted by Crippen LogP contribution is -2.37. The molecule has 0 saturated carbocycles. The zero-order valence-corrected chi connectivity index (χ0v) is 21.3. The third-order valence-corrected chi connectivity index (χ3v) is 5.61. The van der Waals surface area contributed by atoms with Crippen molar-refractivity contribution in [1.29, 1.82) is 0 Å². The molecular weight excluding hydrogens is 532 g/mol. The van der Waals surface area contributed by atoms with E-state index in [1.54, 1.807) is 31.2 Å². The lowest BCUT2D eigenvalue weighted by atomic mass is 10.1. The van der Waals surface area contributed by atoms with Crippen molar-refractivity contribution in [2.24, 2.45) is 4.99 Å². The second kappa shape index (κ2) is 13.5. The van der Waals surface area contributed by atoms with Crippen LogP contribution in [0.25, 0.3) is 0 Å². The fourth-order valence-corrected chi connectivity index (χ4v) is 3.85. The molecule has 0 atom stereocenters. The summed E-state index contributed by atoms with van der Waals surface area (Å²) in [5.41, 5.74) is 1.68. The molecule has 2 rings (SSSR count). The first-order chi connectivity index (χ1) is 14.3. The van der Waals surface area contributed by atoms with Crippen LogP contribution in [0.2, 0.25) is 0 Å². The fraction of sp³-hybridized carbons (Fsp3) is 0.409. The van der Waals surface area contributed by atoms with Gasteiger partial charge in [-0.15, -0.1) is 24.0 Å². The van der Waals surface area contributed by atoms with Gasteiger partial charge in [-0.2, -0.15) is 0 Å². The van der Waals surface area contributed by atoms with Crippen LogP contribution < -0.4 is 15.4 Å². The number of aryl methyl sites for hydroxylation is 1. The van der Waals surface area contributed by atoms with Gasteiger partial charge in [0.25, 0.3) is 0 Å². The summed E-state index contributed by atoms with van der Waals surface area (Å²) in [5, 5.41) is 6.49. The number of sulfone groups is 1. The summed E-state index contributed by atoms with van der Waals surface area (Å²) < 4.78 is 41.9. The first-order valence-electron chi connectivity index (χ1n) is 9.99. The maximum atomic E-state index is 12.9. The van der Waals surface area contributed by atoms with Gasteiger partial charge < -0.3 is 15.4 Å². The van der Waals surface area contributed by atoms with Gasteiger partial charge in [-0.1, -0.05) is 12.1 Å². The average molecular weight is 563 g/mol. The normalized spacial score (nSPS) is 11.5. The summed E-state index contributed by atoms with van der Waals surface area (Å²) >= 11 is 0. The molecule has 2 aromatic carbocycles. The molecule has 0 aliphatic heterocycles. The lowest BCUT2D eigenvalue weighted by Gasteiger charge is -2.12. The predicted octanol–water partition coefficient (Wildman–Crippen LogP) is 4.07. The van der Waals surface area contributed by atoms with Gasteiger partial charge in [-0.3, -0.25) is 0 Å². The molecule has 6 nitrogen and oxygen atoms in total. The van der Waals surface area contributed by atoms with Gasteiger partial charge >= 0.3 is 0 Å². The van der Waals surface area contributed by atoms with Crippen molar-refractivity contribution in [2.45, 2.75) is 38.1 Å². The van der Waals surface area contributed by atoms with E-state index in [2.05, 4.69) is 15.6 Å². The van der Waals surface area contributed by atoms with E-state index >= 15 is 0 Å². The van der Waals surface area contributed by atoms with E-state index in [0.29, 0.717) is 29.8 Å². The molecule has 9 heteroatoms. The summed E-state index contributed by atoms with van der Waals surface area (Å²) in [4.78, 5) is 4.92. The Morgan fingerprint density at radius 1 is 1.10 bits per heavy atom. The van der Waals surface area contributed by atoms with Crippen molar-refractivity contribution in [3.63, 3.8) is 0 Å². The van der Waals surface area contributed by atoms with Gasteiger partial charge in [0.1, 0.15) is 11.6 Å². The second-order valence-electron chi connectivity index (χ2n) is 7.00. The van der Waals surface area contributed by atoms with E-state index in [-0.39, 0.29) is 29.8 Å². The zero-order chi connectivity index (χ0) is 22.0. The van der Waals surface area contributed by atoms with Crippen LogP contribution in [0.15, 0.2) is 52.4 Å². The molecule has 0 aromatic heterocycles. The summed E-state index contributed by atoms with van der Waals surface area (Å²) in [5.74, 6) is 1.10. The first-order valence-corrected chi connectivity index (χ1v) is 11.9. The van der Waals surface area contributed by atoms with Crippen molar-refractivity contribution in [3.05, 3.63) is 59.4 Å². The molecule has 0 fully saturated rings. The number of aliphatic imine (C=N–C) groups is 1. The van der Waals surface area contributed by atoms with Crippen LogP contribution in [0.5, 0.6) is 5.75 Å². The highest BCUT2D eigenvalue weighted by Gasteiger charge is 2.10. The molecule has 0 saturated heterocycles. The maximum Gasteiger partial charge on any atom is 0.191 e. The molecule has 31 heavy (non-hydrogen) atoms. The number of ether oxygens (including phenoxy) is 1. The number of rotatable bonds is 10. The van der Waals surface area contributed by atoms with E-state index in [1.165, 1.54) is 18.4 Å². The van der Waals surface area contributed by atoms with Crippen LogP contribution in [0.3, 0.4) is 0 Å². The molecule has 0 bridgehead atoms. The second-order valence-corrected chi connectivity index (χ2v) is 8.99. The molecule has 0 heterocycles. The van der Waals surface area contributed by atoms with E-state index in [4.69, 9.17) is 4.74 Å². The summed E-state index contributed by atoms with van der Waals surface area (Å²) in [6.07, 6.45) is 2.97. The number of halogens is 2. The Morgan fingerprint density at radius 3 is 2.42 bits per heavy atom. The van der Waals surface area contributed by atoms with Crippen LogP contribution in [-0.2, 0) is 16.4 Å². The van der Waals surface area contributed by atoms with E-state index in [9.17, 15) is 12.8 Å². The van der Waals surface area contributed by atoms with Crippen LogP contribution in [0, 0.1) is 12.7 Å². The predicted molar refractivity (Wildman–Crippen MR) is 134 cm³/mol. The van der Waals surface area contributed by atoms with Crippen molar-refractivity contribution in [3.8, 4) is 5.75 Å². The van der Waals surface area contributed by atoms with Crippen molar-refractivity contribution in [1.82, 2.24) is 10.6 Å². The highest BCUT2D eigenvalue weighted by molar-refractivity contribution is 14.0. The Bertz CT molecular complexity index is 951. The summed E-state index contributed by atoms with van der Waals surface area (Å²) in [7, 11) is -3.22. The van der Waals surface area contributed by atoms with Gasteiger partial charge in [0.05, 0.1) is 18.0 Å². The smallest absolute Gasteiger partial charge is 0.191 e. The monoisotopic (exact) mass is 563 g/mol. The van der Waals surface area contributed by atoms with Crippen molar-refractivity contribution < 1.29 is 17.5 Å².